The molecule has 0 aliphatic carbocycles. The molecule has 0 spiro atoms. The molecule has 0 unspecified atom stereocenters. The maximum atomic E-state index is 12.4. The Kier molecular flexibility index (Phi) is 7.60. The number of amides is 1. The van der Waals surface area contributed by atoms with E-state index in [9.17, 15) is 4.79 Å². The number of aromatic nitrogens is 2. The van der Waals surface area contributed by atoms with Crippen LogP contribution in [0.4, 0.5) is 5.69 Å². The topological polar surface area (TPSA) is 67.0 Å². The van der Waals surface area contributed by atoms with Crippen molar-refractivity contribution in [2.24, 2.45) is 0 Å². The van der Waals surface area contributed by atoms with E-state index in [0.29, 0.717) is 28.6 Å². The van der Waals surface area contributed by atoms with Crippen LogP contribution in [0.3, 0.4) is 0 Å². The average molecular weight is 492 g/mol. The molecule has 3 aromatic carbocycles. The molecule has 0 aliphatic heterocycles. The van der Waals surface area contributed by atoms with Crippen LogP contribution in [-0.2, 0) is 4.79 Å². The Balaban J connectivity index is 1.46. The molecule has 0 atom stereocenters. The number of aryl methyl sites for hydroxylation is 2. The molecule has 4 aromatic rings. The summed E-state index contributed by atoms with van der Waals surface area (Å²) in [6.07, 6.45) is 0.342. The van der Waals surface area contributed by atoms with Crippen molar-refractivity contribution in [1.29, 1.82) is 0 Å². The zero-order chi connectivity index (χ0) is 24.1. The van der Waals surface area contributed by atoms with Crippen LogP contribution in [0, 0.1) is 13.8 Å². The lowest BCUT2D eigenvalue weighted by Crippen LogP contribution is -2.12. The summed E-state index contributed by atoms with van der Waals surface area (Å²) in [5.74, 6) is 1.07. The number of benzene rings is 3. The Morgan fingerprint density at radius 2 is 1.65 bits per heavy atom. The molecule has 4 rings (SSSR count). The van der Waals surface area contributed by atoms with Crippen LogP contribution in [0.2, 0.25) is 5.02 Å². The van der Waals surface area contributed by atoms with Gasteiger partial charge in [0.1, 0.15) is 5.75 Å². The minimum Gasteiger partial charge on any atom is -0.495 e. The lowest BCUT2D eigenvalue weighted by atomic mass is 10.0. The van der Waals surface area contributed by atoms with E-state index in [4.69, 9.17) is 21.3 Å². The van der Waals surface area contributed by atoms with Gasteiger partial charge < -0.3 is 15.0 Å². The lowest BCUT2D eigenvalue weighted by Gasteiger charge is -2.07. The second-order valence-electron chi connectivity index (χ2n) is 7.99. The summed E-state index contributed by atoms with van der Waals surface area (Å²) in [5, 5.41) is 4.12. The molecule has 0 radical (unpaired) electrons. The number of halogens is 1. The molecule has 0 saturated carbocycles. The highest BCUT2D eigenvalue weighted by molar-refractivity contribution is 7.99. The van der Waals surface area contributed by atoms with Gasteiger partial charge in [0.25, 0.3) is 0 Å². The number of thioether (sulfide) groups is 1. The first kappa shape index (κ1) is 23.9. The highest BCUT2D eigenvalue weighted by Crippen LogP contribution is 2.33. The minimum atomic E-state index is -0.0854. The number of nitrogens with zero attached hydrogens (tertiary/aromatic N) is 1. The number of ether oxygens (including phenoxy) is 1. The molecule has 0 bridgehead atoms. The maximum Gasteiger partial charge on any atom is 0.225 e. The molecular formula is C27H26ClN3O2S. The Labute approximate surface area is 208 Å². The smallest absolute Gasteiger partial charge is 0.225 e. The van der Waals surface area contributed by atoms with Gasteiger partial charge in [-0.2, -0.15) is 0 Å². The van der Waals surface area contributed by atoms with Crippen LogP contribution in [0.5, 0.6) is 5.75 Å². The van der Waals surface area contributed by atoms with Crippen molar-refractivity contribution in [2.45, 2.75) is 25.4 Å². The molecule has 174 valence electrons. The zero-order valence-electron chi connectivity index (χ0n) is 19.3. The molecule has 1 aromatic heterocycles. The molecule has 7 heteroatoms. The lowest BCUT2D eigenvalue weighted by molar-refractivity contribution is -0.115. The predicted octanol–water partition coefficient (Wildman–Crippen LogP) is 7.14. The second kappa shape index (κ2) is 10.8. The predicted molar refractivity (Wildman–Crippen MR) is 141 cm³/mol. The SMILES string of the molecule is COc1ccc(NC(=O)CCSc2nc(-c3ccc(C)cc3)c(-c3ccc(C)cc3)[nH]2)cc1Cl. The maximum absolute atomic E-state index is 12.4. The van der Waals surface area contributed by atoms with Gasteiger partial charge in [-0.1, -0.05) is 83.0 Å². The molecule has 2 N–H and O–H groups in total. The number of anilines is 1. The number of hydrogen-bond acceptors (Lipinski definition) is 4. The van der Waals surface area contributed by atoms with E-state index in [2.05, 4.69) is 72.7 Å². The van der Waals surface area contributed by atoms with E-state index >= 15 is 0 Å². The molecule has 5 nitrogen and oxygen atoms in total. The highest BCUT2D eigenvalue weighted by Gasteiger charge is 2.15. The van der Waals surface area contributed by atoms with Crippen molar-refractivity contribution in [3.8, 4) is 28.3 Å². The number of imidazole rings is 1. The van der Waals surface area contributed by atoms with Crippen molar-refractivity contribution in [1.82, 2.24) is 9.97 Å². The van der Waals surface area contributed by atoms with Crippen LogP contribution < -0.4 is 10.1 Å². The van der Waals surface area contributed by atoms with Gasteiger partial charge in [-0.15, -0.1) is 0 Å². The average Bonchev–Trinajstić information content (AvgIpc) is 3.24. The van der Waals surface area contributed by atoms with E-state index in [-0.39, 0.29) is 5.91 Å². The summed E-state index contributed by atoms with van der Waals surface area (Å²) < 4.78 is 5.15. The number of carbonyl (C=O) groups is 1. The third-order valence-corrected chi connectivity index (χ3v) is 6.52. The molecule has 0 saturated heterocycles. The fraction of sp³-hybridized carbons (Fsp3) is 0.185. The number of H-pyrrole nitrogens is 1. The minimum absolute atomic E-state index is 0.0854. The number of hydrogen-bond donors (Lipinski definition) is 2. The van der Waals surface area contributed by atoms with Crippen molar-refractivity contribution < 1.29 is 9.53 Å². The number of rotatable bonds is 8. The summed E-state index contributed by atoms with van der Waals surface area (Å²) in [6, 6.07) is 21.9. The van der Waals surface area contributed by atoms with E-state index < -0.39 is 0 Å². The quantitative estimate of drug-likeness (QED) is 0.257. The van der Waals surface area contributed by atoms with Crippen LogP contribution in [0.1, 0.15) is 17.5 Å². The first-order valence-electron chi connectivity index (χ1n) is 10.9. The van der Waals surface area contributed by atoms with E-state index in [1.165, 1.54) is 22.9 Å². The van der Waals surface area contributed by atoms with Gasteiger partial charge in [0.15, 0.2) is 5.16 Å². The summed E-state index contributed by atoms with van der Waals surface area (Å²) >= 11 is 7.67. The number of carbonyl (C=O) groups excluding carboxylic acids is 1. The van der Waals surface area contributed by atoms with Gasteiger partial charge in [0.05, 0.1) is 23.5 Å². The Hall–Kier alpha value is -3.22. The summed E-state index contributed by atoms with van der Waals surface area (Å²) in [5.41, 5.74) is 7.07. The van der Waals surface area contributed by atoms with Crippen LogP contribution in [0.25, 0.3) is 22.5 Å². The Morgan fingerprint density at radius 3 is 2.26 bits per heavy atom. The summed E-state index contributed by atoms with van der Waals surface area (Å²) in [4.78, 5) is 20.7. The molecule has 0 fully saturated rings. The number of methoxy groups -OCH3 is 1. The van der Waals surface area contributed by atoms with E-state index in [1.54, 1.807) is 25.3 Å². The van der Waals surface area contributed by atoms with Gasteiger partial charge in [-0.3, -0.25) is 4.79 Å². The van der Waals surface area contributed by atoms with E-state index in [0.717, 1.165) is 27.7 Å². The first-order valence-corrected chi connectivity index (χ1v) is 12.3. The fourth-order valence-electron chi connectivity index (χ4n) is 3.48. The normalized spacial score (nSPS) is 10.8. The summed E-state index contributed by atoms with van der Waals surface area (Å²) in [6.45, 7) is 4.14. The molecular weight excluding hydrogens is 466 g/mol. The van der Waals surface area contributed by atoms with Gasteiger partial charge in [-0.05, 0) is 32.0 Å². The zero-order valence-corrected chi connectivity index (χ0v) is 20.9. The van der Waals surface area contributed by atoms with Gasteiger partial charge in [0.2, 0.25) is 5.91 Å². The van der Waals surface area contributed by atoms with Crippen molar-refractivity contribution in [2.75, 3.05) is 18.2 Å². The molecule has 1 amide bonds. The van der Waals surface area contributed by atoms with Gasteiger partial charge in [-0.25, -0.2) is 4.98 Å². The van der Waals surface area contributed by atoms with Gasteiger partial charge >= 0.3 is 0 Å². The monoisotopic (exact) mass is 491 g/mol. The Morgan fingerprint density at radius 1 is 1.00 bits per heavy atom. The molecule has 1 heterocycles. The second-order valence-corrected chi connectivity index (χ2v) is 9.48. The van der Waals surface area contributed by atoms with Crippen molar-refractivity contribution in [3.05, 3.63) is 82.9 Å². The van der Waals surface area contributed by atoms with E-state index in [1.807, 2.05) is 0 Å². The molecule has 0 aliphatic rings. The third-order valence-electron chi connectivity index (χ3n) is 5.35. The van der Waals surface area contributed by atoms with Crippen LogP contribution >= 0.6 is 23.4 Å². The van der Waals surface area contributed by atoms with Crippen LogP contribution in [-0.4, -0.2) is 28.7 Å². The number of aromatic amines is 1. The largest absolute Gasteiger partial charge is 0.495 e. The highest BCUT2D eigenvalue weighted by atomic mass is 35.5. The molecule has 34 heavy (non-hydrogen) atoms. The third kappa shape index (κ3) is 5.82. The first-order chi connectivity index (χ1) is 16.4. The van der Waals surface area contributed by atoms with Crippen LogP contribution in [0.15, 0.2) is 71.9 Å². The number of nitrogens with one attached hydrogen (secondary N) is 2. The standard InChI is InChI=1S/C27H26ClN3O2S/c1-17-4-8-19(9-5-17)25-26(20-10-6-18(2)7-11-20)31-27(30-25)34-15-14-24(32)29-21-12-13-23(33-3)22(28)16-21/h4-13,16H,14-15H2,1-3H3,(H,29,32)(H,30,31). The summed E-state index contributed by atoms with van der Waals surface area (Å²) in [7, 11) is 1.56. The van der Waals surface area contributed by atoms with Crippen molar-refractivity contribution >= 4 is 35.0 Å². The van der Waals surface area contributed by atoms with Crippen molar-refractivity contribution in [3.63, 3.8) is 0 Å². The van der Waals surface area contributed by atoms with Gasteiger partial charge in [0, 0.05) is 29.0 Å². The fourth-order valence-corrected chi connectivity index (χ4v) is 4.55. The Bertz CT molecular complexity index is 1220.